The Bertz CT molecular complexity index is 596. The minimum atomic E-state index is -4.47. The van der Waals surface area contributed by atoms with Crippen LogP contribution in [0.2, 0.25) is 5.02 Å². The quantitative estimate of drug-likeness (QED) is 0.884. The van der Waals surface area contributed by atoms with Crippen LogP contribution < -0.4 is 4.72 Å². The molecule has 1 fully saturated rings. The summed E-state index contributed by atoms with van der Waals surface area (Å²) in [6.07, 6.45) is -2.57. The van der Waals surface area contributed by atoms with Gasteiger partial charge in [-0.2, -0.15) is 18.3 Å². The summed E-state index contributed by atoms with van der Waals surface area (Å²) in [5, 5.41) is 3.29. The Balaban J connectivity index is 2.04. The second-order valence-corrected chi connectivity index (χ2v) is 6.83. The molecule has 21 heavy (non-hydrogen) atoms. The van der Waals surface area contributed by atoms with E-state index >= 15 is 0 Å². The lowest BCUT2D eigenvalue weighted by molar-refractivity contribution is -0.142. The van der Waals surface area contributed by atoms with E-state index in [1.807, 2.05) is 0 Å². The predicted molar refractivity (Wildman–Crippen MR) is 69.7 cm³/mol. The van der Waals surface area contributed by atoms with E-state index in [2.05, 4.69) is 9.82 Å². The second-order valence-electron chi connectivity index (χ2n) is 4.66. The van der Waals surface area contributed by atoms with Gasteiger partial charge in [0.25, 0.3) is 0 Å². The van der Waals surface area contributed by atoms with Gasteiger partial charge in [0.05, 0.1) is 11.9 Å². The molecular weight excluding hydrogens is 335 g/mol. The maximum absolute atomic E-state index is 12.2. The summed E-state index contributed by atoms with van der Waals surface area (Å²) >= 11 is 5.69. The van der Waals surface area contributed by atoms with Crippen molar-refractivity contribution < 1.29 is 26.3 Å². The van der Waals surface area contributed by atoms with E-state index in [1.165, 1.54) is 0 Å². The smallest absolute Gasteiger partial charge is 0.377 e. The highest BCUT2D eigenvalue weighted by molar-refractivity contribution is 7.92. The van der Waals surface area contributed by atoms with E-state index in [0.29, 0.717) is 17.7 Å². The van der Waals surface area contributed by atoms with Crippen molar-refractivity contribution in [3.05, 3.63) is 11.2 Å². The Morgan fingerprint density at radius 3 is 2.81 bits per heavy atom. The van der Waals surface area contributed by atoms with E-state index in [-0.39, 0.29) is 16.6 Å². The van der Waals surface area contributed by atoms with E-state index in [9.17, 15) is 21.6 Å². The Kier molecular flexibility index (Phi) is 4.69. The zero-order valence-electron chi connectivity index (χ0n) is 10.7. The van der Waals surface area contributed by atoms with E-state index in [0.717, 1.165) is 12.6 Å². The number of nitrogens with one attached hydrogen (secondary N) is 1. The van der Waals surface area contributed by atoms with Crippen molar-refractivity contribution in [3.63, 3.8) is 0 Å². The molecule has 1 aliphatic rings. The van der Waals surface area contributed by atoms with E-state index in [4.69, 9.17) is 16.3 Å². The van der Waals surface area contributed by atoms with Crippen LogP contribution >= 0.6 is 11.6 Å². The standard InChI is InChI=1S/C10H13ClF3N3O3S/c11-8-4-17(6-10(12,13)14)15-9(8)16-21(18,19)5-7-2-1-3-20-7/h4,7H,1-3,5-6H2,(H,15,16). The molecule has 1 unspecified atom stereocenters. The third kappa shape index (κ3) is 5.04. The van der Waals surface area contributed by atoms with Crippen LogP contribution in [0.1, 0.15) is 12.8 Å². The average Bonchev–Trinajstić information content (AvgIpc) is 2.86. The molecule has 0 saturated carbocycles. The van der Waals surface area contributed by atoms with E-state index in [1.54, 1.807) is 0 Å². The van der Waals surface area contributed by atoms with Crippen molar-refractivity contribution in [2.75, 3.05) is 17.1 Å². The van der Waals surface area contributed by atoms with Crippen LogP contribution in [-0.4, -0.2) is 42.8 Å². The van der Waals surface area contributed by atoms with Gasteiger partial charge in [0, 0.05) is 12.8 Å². The maximum Gasteiger partial charge on any atom is 0.408 e. The van der Waals surface area contributed by atoms with Crippen molar-refractivity contribution in [2.45, 2.75) is 31.7 Å². The number of ether oxygens (including phenoxy) is 1. The van der Waals surface area contributed by atoms with Crippen LogP contribution in [0.25, 0.3) is 0 Å². The highest BCUT2D eigenvalue weighted by Crippen LogP contribution is 2.24. The Morgan fingerprint density at radius 2 is 2.24 bits per heavy atom. The highest BCUT2D eigenvalue weighted by Gasteiger charge is 2.30. The number of rotatable bonds is 5. The van der Waals surface area contributed by atoms with Crippen molar-refractivity contribution in [3.8, 4) is 0 Å². The number of nitrogens with zero attached hydrogens (tertiary/aromatic N) is 2. The first kappa shape index (κ1) is 16.4. The van der Waals surface area contributed by atoms with Crippen LogP contribution in [0.4, 0.5) is 19.0 Å². The zero-order chi connectivity index (χ0) is 15.7. The lowest BCUT2D eigenvalue weighted by Crippen LogP contribution is -2.26. The molecule has 0 aliphatic carbocycles. The Morgan fingerprint density at radius 1 is 1.52 bits per heavy atom. The first-order chi connectivity index (χ1) is 9.65. The van der Waals surface area contributed by atoms with Crippen LogP contribution in [-0.2, 0) is 21.3 Å². The SMILES string of the molecule is O=S(=O)(CC1CCCO1)Nc1nn(CC(F)(F)F)cc1Cl. The van der Waals surface area contributed by atoms with Gasteiger partial charge in [-0.3, -0.25) is 9.40 Å². The molecule has 1 aromatic rings. The maximum atomic E-state index is 12.2. The van der Waals surface area contributed by atoms with Gasteiger partial charge in [0.1, 0.15) is 11.6 Å². The normalized spacial score (nSPS) is 19.9. The van der Waals surface area contributed by atoms with Gasteiger partial charge in [-0.1, -0.05) is 11.6 Å². The molecule has 2 heterocycles. The van der Waals surface area contributed by atoms with Gasteiger partial charge in [0.2, 0.25) is 10.0 Å². The summed E-state index contributed by atoms with van der Waals surface area (Å²) in [5.41, 5.74) is 0. The first-order valence-corrected chi connectivity index (χ1v) is 8.09. The van der Waals surface area contributed by atoms with Gasteiger partial charge in [-0.15, -0.1) is 0 Å². The second kappa shape index (κ2) is 6.01. The molecule has 0 amide bonds. The van der Waals surface area contributed by atoms with Gasteiger partial charge >= 0.3 is 6.18 Å². The molecule has 0 bridgehead atoms. The third-order valence-corrected chi connectivity index (χ3v) is 4.33. The molecule has 6 nitrogen and oxygen atoms in total. The average molecular weight is 348 g/mol. The van der Waals surface area contributed by atoms with Crippen molar-refractivity contribution in [1.29, 1.82) is 0 Å². The van der Waals surface area contributed by atoms with Crippen LogP contribution in [0.15, 0.2) is 6.20 Å². The summed E-state index contributed by atoms with van der Waals surface area (Å²) < 4.78 is 68.3. The Labute approximate surface area is 124 Å². The number of sulfonamides is 1. The fourth-order valence-electron chi connectivity index (χ4n) is 1.94. The minimum absolute atomic E-state index is 0.199. The molecule has 1 aliphatic heterocycles. The largest absolute Gasteiger partial charge is 0.408 e. The molecule has 0 radical (unpaired) electrons. The fourth-order valence-corrected chi connectivity index (χ4v) is 3.48. The lowest BCUT2D eigenvalue weighted by Gasteiger charge is -2.10. The van der Waals surface area contributed by atoms with Crippen LogP contribution in [0.5, 0.6) is 0 Å². The molecule has 120 valence electrons. The monoisotopic (exact) mass is 347 g/mol. The third-order valence-electron chi connectivity index (χ3n) is 2.74. The van der Waals surface area contributed by atoms with E-state index < -0.39 is 28.8 Å². The van der Waals surface area contributed by atoms with Crippen LogP contribution in [0, 0.1) is 0 Å². The summed E-state index contributed by atoms with van der Waals surface area (Å²) in [6.45, 7) is -0.846. The molecule has 0 aromatic carbocycles. The first-order valence-electron chi connectivity index (χ1n) is 6.06. The van der Waals surface area contributed by atoms with Crippen molar-refractivity contribution in [1.82, 2.24) is 9.78 Å². The lowest BCUT2D eigenvalue weighted by atomic mass is 10.3. The highest BCUT2D eigenvalue weighted by atomic mass is 35.5. The molecule has 1 atom stereocenters. The van der Waals surface area contributed by atoms with Gasteiger partial charge in [-0.05, 0) is 12.8 Å². The van der Waals surface area contributed by atoms with Gasteiger partial charge < -0.3 is 4.74 Å². The summed E-state index contributed by atoms with van der Waals surface area (Å²) in [7, 11) is -3.79. The minimum Gasteiger partial charge on any atom is -0.377 e. The number of hydrogen-bond donors (Lipinski definition) is 1. The summed E-state index contributed by atoms with van der Waals surface area (Å²) in [6, 6.07) is 0. The predicted octanol–water partition coefficient (Wildman–Crippen LogP) is 2.02. The number of halogens is 4. The fraction of sp³-hybridized carbons (Fsp3) is 0.700. The zero-order valence-corrected chi connectivity index (χ0v) is 12.3. The molecule has 1 aromatic heterocycles. The topological polar surface area (TPSA) is 73.2 Å². The van der Waals surface area contributed by atoms with Crippen molar-refractivity contribution >= 4 is 27.4 Å². The summed E-state index contributed by atoms with van der Waals surface area (Å²) in [5.74, 6) is -0.603. The molecule has 11 heteroatoms. The van der Waals surface area contributed by atoms with Crippen LogP contribution in [0.3, 0.4) is 0 Å². The van der Waals surface area contributed by atoms with Gasteiger partial charge in [0.15, 0.2) is 5.82 Å². The molecule has 1 saturated heterocycles. The number of aromatic nitrogens is 2. The van der Waals surface area contributed by atoms with Crippen molar-refractivity contribution in [2.24, 2.45) is 0 Å². The molecule has 2 rings (SSSR count). The number of anilines is 1. The summed E-state index contributed by atoms with van der Waals surface area (Å²) in [4.78, 5) is 0. The Hall–Kier alpha value is -1.00. The number of hydrogen-bond acceptors (Lipinski definition) is 4. The molecule has 1 N–H and O–H groups in total. The molecular formula is C10H13ClF3N3O3S. The molecule has 0 spiro atoms. The van der Waals surface area contributed by atoms with Gasteiger partial charge in [-0.25, -0.2) is 8.42 Å². The number of alkyl halides is 3.